The minimum absolute atomic E-state index is 0.123. The van der Waals surface area contributed by atoms with Crippen molar-refractivity contribution in [1.82, 2.24) is 9.80 Å². The molecule has 0 aromatic heterocycles. The SMILES string of the molecule is C[C@@H](c1ccc(F)cc1)N1CCN([C@@H](C)c2ccccc2F)C1=O. The number of urea groups is 1. The van der Waals surface area contributed by atoms with E-state index in [9.17, 15) is 13.6 Å². The Kier molecular flexibility index (Phi) is 4.51. The molecule has 2 aromatic carbocycles. The van der Waals surface area contributed by atoms with E-state index < -0.39 is 0 Å². The molecule has 0 bridgehead atoms. The molecule has 1 heterocycles. The van der Waals surface area contributed by atoms with Gasteiger partial charge in [-0.2, -0.15) is 0 Å². The highest BCUT2D eigenvalue weighted by atomic mass is 19.1. The highest BCUT2D eigenvalue weighted by Crippen LogP contribution is 2.31. The summed E-state index contributed by atoms with van der Waals surface area (Å²) in [6.45, 7) is 4.86. The lowest BCUT2D eigenvalue weighted by molar-refractivity contribution is 0.169. The molecular formula is C19H20F2N2O. The Morgan fingerprint density at radius 3 is 2.08 bits per heavy atom. The summed E-state index contributed by atoms with van der Waals surface area (Å²) in [6.07, 6.45) is 0. The van der Waals surface area contributed by atoms with Crippen LogP contribution in [0, 0.1) is 11.6 Å². The zero-order chi connectivity index (χ0) is 17.3. The molecule has 0 saturated carbocycles. The van der Waals surface area contributed by atoms with E-state index in [0.717, 1.165) is 5.56 Å². The predicted octanol–water partition coefficient (Wildman–Crippen LogP) is 4.52. The van der Waals surface area contributed by atoms with Gasteiger partial charge in [0.25, 0.3) is 0 Å². The Morgan fingerprint density at radius 2 is 1.46 bits per heavy atom. The number of halogens is 2. The van der Waals surface area contributed by atoms with Crippen LogP contribution in [0.25, 0.3) is 0 Å². The molecule has 1 aliphatic heterocycles. The fraction of sp³-hybridized carbons (Fsp3) is 0.316. The van der Waals surface area contributed by atoms with E-state index in [0.29, 0.717) is 18.7 Å². The Balaban J connectivity index is 1.77. The van der Waals surface area contributed by atoms with E-state index in [1.165, 1.54) is 18.2 Å². The molecule has 126 valence electrons. The zero-order valence-corrected chi connectivity index (χ0v) is 13.7. The number of hydrogen-bond donors (Lipinski definition) is 0. The van der Waals surface area contributed by atoms with Gasteiger partial charge in [-0.25, -0.2) is 13.6 Å². The van der Waals surface area contributed by atoms with Crippen LogP contribution in [0.3, 0.4) is 0 Å². The summed E-state index contributed by atoms with van der Waals surface area (Å²) in [4.78, 5) is 16.2. The number of nitrogens with zero attached hydrogens (tertiary/aromatic N) is 2. The molecule has 0 N–H and O–H groups in total. The molecule has 2 amide bonds. The van der Waals surface area contributed by atoms with Gasteiger partial charge in [0, 0.05) is 18.7 Å². The van der Waals surface area contributed by atoms with Crippen LogP contribution in [0.15, 0.2) is 48.5 Å². The van der Waals surface area contributed by atoms with Crippen molar-refractivity contribution in [2.45, 2.75) is 25.9 Å². The van der Waals surface area contributed by atoms with Gasteiger partial charge in [0.2, 0.25) is 0 Å². The Bertz CT molecular complexity index is 732. The topological polar surface area (TPSA) is 23.6 Å². The molecule has 1 aliphatic rings. The van der Waals surface area contributed by atoms with Crippen molar-refractivity contribution >= 4 is 6.03 Å². The summed E-state index contributed by atoms with van der Waals surface area (Å²) in [6, 6.07) is 12.1. The zero-order valence-electron chi connectivity index (χ0n) is 13.7. The van der Waals surface area contributed by atoms with E-state index in [-0.39, 0.29) is 29.7 Å². The smallest absolute Gasteiger partial charge is 0.316 e. The molecule has 0 unspecified atom stereocenters. The highest BCUT2D eigenvalue weighted by Gasteiger charge is 2.36. The third-order valence-electron chi connectivity index (χ3n) is 4.72. The largest absolute Gasteiger partial charge is 0.321 e. The second kappa shape index (κ2) is 6.59. The fourth-order valence-electron chi connectivity index (χ4n) is 3.19. The average molecular weight is 330 g/mol. The van der Waals surface area contributed by atoms with Crippen LogP contribution in [0.5, 0.6) is 0 Å². The third-order valence-corrected chi connectivity index (χ3v) is 4.72. The second-order valence-corrected chi connectivity index (χ2v) is 6.09. The molecule has 0 radical (unpaired) electrons. The van der Waals surface area contributed by atoms with Crippen LogP contribution in [-0.2, 0) is 0 Å². The molecule has 24 heavy (non-hydrogen) atoms. The minimum atomic E-state index is -0.330. The van der Waals surface area contributed by atoms with Crippen LogP contribution in [0.2, 0.25) is 0 Å². The summed E-state index contributed by atoms with van der Waals surface area (Å²) >= 11 is 0. The molecule has 5 heteroatoms. The van der Waals surface area contributed by atoms with Crippen molar-refractivity contribution in [3.05, 3.63) is 71.3 Å². The summed E-state index contributed by atoms with van der Waals surface area (Å²) in [5, 5.41) is 0. The minimum Gasteiger partial charge on any atom is -0.316 e. The van der Waals surface area contributed by atoms with Crippen molar-refractivity contribution in [2.75, 3.05) is 13.1 Å². The first kappa shape index (κ1) is 16.4. The van der Waals surface area contributed by atoms with Crippen LogP contribution < -0.4 is 0 Å². The Labute approximate surface area is 140 Å². The highest BCUT2D eigenvalue weighted by molar-refractivity contribution is 5.77. The van der Waals surface area contributed by atoms with Crippen LogP contribution in [0.1, 0.15) is 37.1 Å². The van der Waals surface area contributed by atoms with Gasteiger partial charge >= 0.3 is 6.03 Å². The maximum absolute atomic E-state index is 14.0. The predicted molar refractivity (Wildman–Crippen MR) is 88.4 cm³/mol. The maximum Gasteiger partial charge on any atom is 0.321 e. The number of carbonyl (C=O) groups is 1. The van der Waals surface area contributed by atoms with E-state index in [4.69, 9.17) is 0 Å². The summed E-state index contributed by atoms with van der Waals surface area (Å²) in [7, 11) is 0. The summed E-state index contributed by atoms with van der Waals surface area (Å²) < 4.78 is 27.1. The van der Waals surface area contributed by atoms with Crippen molar-refractivity contribution < 1.29 is 13.6 Å². The molecular weight excluding hydrogens is 310 g/mol. The lowest BCUT2D eigenvalue weighted by Gasteiger charge is -2.28. The molecule has 2 aromatic rings. The van der Waals surface area contributed by atoms with E-state index >= 15 is 0 Å². The molecule has 0 aliphatic carbocycles. The molecule has 0 spiro atoms. The first-order valence-electron chi connectivity index (χ1n) is 8.06. The fourth-order valence-corrected chi connectivity index (χ4v) is 3.19. The lowest BCUT2D eigenvalue weighted by atomic mass is 10.1. The normalized spacial score (nSPS) is 17.2. The summed E-state index contributed by atoms with van der Waals surface area (Å²) in [5.74, 6) is -0.601. The quantitative estimate of drug-likeness (QED) is 0.808. The Morgan fingerprint density at radius 1 is 0.875 bits per heavy atom. The number of carbonyl (C=O) groups excluding carboxylic acids is 1. The van der Waals surface area contributed by atoms with E-state index in [1.807, 2.05) is 13.8 Å². The van der Waals surface area contributed by atoms with Crippen molar-refractivity contribution in [2.24, 2.45) is 0 Å². The maximum atomic E-state index is 14.0. The van der Waals surface area contributed by atoms with Gasteiger partial charge in [-0.15, -0.1) is 0 Å². The van der Waals surface area contributed by atoms with Crippen LogP contribution in [0.4, 0.5) is 13.6 Å². The van der Waals surface area contributed by atoms with Crippen molar-refractivity contribution in [1.29, 1.82) is 0 Å². The molecule has 1 fully saturated rings. The first-order valence-corrected chi connectivity index (χ1v) is 8.06. The number of rotatable bonds is 4. The molecule has 3 rings (SSSR count). The van der Waals surface area contributed by atoms with Crippen LogP contribution in [-0.4, -0.2) is 28.9 Å². The summed E-state index contributed by atoms with van der Waals surface area (Å²) in [5.41, 5.74) is 1.40. The Hall–Kier alpha value is -2.43. The molecule has 3 nitrogen and oxygen atoms in total. The lowest BCUT2D eigenvalue weighted by Crippen LogP contribution is -2.35. The van der Waals surface area contributed by atoms with E-state index in [2.05, 4.69) is 0 Å². The van der Waals surface area contributed by atoms with Gasteiger partial charge in [-0.05, 0) is 37.6 Å². The number of amides is 2. The van der Waals surface area contributed by atoms with Gasteiger partial charge in [0.15, 0.2) is 0 Å². The number of hydrogen-bond acceptors (Lipinski definition) is 1. The molecule has 1 saturated heterocycles. The monoisotopic (exact) mass is 330 g/mol. The standard InChI is InChI=1S/C19H20F2N2O/c1-13(15-7-9-16(20)10-8-15)22-11-12-23(19(22)24)14(2)17-5-3-4-6-18(17)21/h3-10,13-14H,11-12H2,1-2H3/t13-,14-/m0/s1. The van der Waals surface area contributed by atoms with Crippen molar-refractivity contribution in [3.63, 3.8) is 0 Å². The second-order valence-electron chi connectivity index (χ2n) is 6.09. The van der Waals surface area contributed by atoms with Gasteiger partial charge < -0.3 is 9.80 Å². The third kappa shape index (κ3) is 2.98. The van der Waals surface area contributed by atoms with Gasteiger partial charge in [0.1, 0.15) is 11.6 Å². The number of benzene rings is 2. The van der Waals surface area contributed by atoms with Gasteiger partial charge in [-0.3, -0.25) is 0 Å². The first-order chi connectivity index (χ1) is 11.5. The van der Waals surface area contributed by atoms with Gasteiger partial charge in [-0.1, -0.05) is 30.3 Å². The van der Waals surface area contributed by atoms with Gasteiger partial charge in [0.05, 0.1) is 12.1 Å². The average Bonchev–Trinajstić information content (AvgIpc) is 2.96. The van der Waals surface area contributed by atoms with Crippen LogP contribution >= 0.6 is 0 Å². The van der Waals surface area contributed by atoms with Crippen molar-refractivity contribution in [3.8, 4) is 0 Å². The molecule has 2 atom stereocenters. The van der Waals surface area contributed by atoms with E-state index in [1.54, 1.807) is 40.1 Å².